The first kappa shape index (κ1) is 16.0. The van der Waals surface area contributed by atoms with E-state index in [9.17, 15) is 9.90 Å². The van der Waals surface area contributed by atoms with Gasteiger partial charge in [0.2, 0.25) is 5.91 Å². The van der Waals surface area contributed by atoms with Gasteiger partial charge in [0.25, 0.3) is 0 Å². The van der Waals surface area contributed by atoms with Crippen LogP contribution in [0.2, 0.25) is 0 Å². The van der Waals surface area contributed by atoms with E-state index in [2.05, 4.69) is 9.88 Å². The van der Waals surface area contributed by atoms with Crippen molar-refractivity contribution in [1.29, 1.82) is 0 Å². The van der Waals surface area contributed by atoms with Crippen LogP contribution < -0.4 is 0 Å². The van der Waals surface area contributed by atoms with Crippen LogP contribution >= 0.6 is 0 Å². The molecular weight excluding hydrogens is 270 g/mol. The summed E-state index contributed by atoms with van der Waals surface area (Å²) in [6.07, 6.45) is 4.25. The van der Waals surface area contributed by atoms with E-state index in [1.54, 1.807) is 25.3 Å². The predicted molar refractivity (Wildman–Crippen MR) is 78.6 cm³/mol. The lowest BCUT2D eigenvalue weighted by Crippen LogP contribution is -2.48. The minimum atomic E-state index is -0.775. The molecule has 1 saturated heterocycles. The normalized spacial score (nSPS) is 23.2. The zero-order valence-electron chi connectivity index (χ0n) is 13.1. The van der Waals surface area contributed by atoms with Crippen molar-refractivity contribution in [3.63, 3.8) is 0 Å². The van der Waals surface area contributed by atoms with E-state index >= 15 is 0 Å². The fourth-order valence-corrected chi connectivity index (χ4v) is 2.82. The van der Waals surface area contributed by atoms with Gasteiger partial charge < -0.3 is 14.4 Å². The molecule has 0 bridgehead atoms. The number of carbonyl (C=O) groups excluding carboxylic acids is 1. The maximum absolute atomic E-state index is 11.7. The van der Waals surface area contributed by atoms with Crippen molar-refractivity contribution < 1.29 is 14.3 Å². The molecule has 1 N–H and O–H groups in total. The average molecular weight is 295 g/mol. The zero-order chi connectivity index (χ0) is 15.5. The lowest BCUT2D eigenvalue weighted by molar-refractivity contribution is -0.130. The van der Waals surface area contributed by atoms with Crippen LogP contribution in [-0.4, -0.2) is 58.6 Å². The van der Waals surface area contributed by atoms with Crippen LogP contribution in [0.25, 0.3) is 0 Å². The molecule has 1 aromatic heterocycles. The molecule has 118 valence electrons. The van der Waals surface area contributed by atoms with E-state index in [0.717, 1.165) is 25.1 Å². The number of aromatic nitrogens is 1. The van der Waals surface area contributed by atoms with Gasteiger partial charge in [0.1, 0.15) is 6.26 Å². The molecule has 0 aromatic carbocycles. The predicted octanol–water partition coefficient (Wildman–Crippen LogP) is 1.18. The molecule has 0 radical (unpaired) electrons. The van der Waals surface area contributed by atoms with Crippen molar-refractivity contribution in [2.24, 2.45) is 0 Å². The van der Waals surface area contributed by atoms with Crippen LogP contribution in [0.5, 0.6) is 0 Å². The Hall–Kier alpha value is -1.40. The SMILES string of the molecule is Cc1nc(CN2CCC[C@](O)(CCC(=O)N(C)C)C2)co1. The molecule has 6 nitrogen and oxygen atoms in total. The first-order chi connectivity index (χ1) is 9.88. The topological polar surface area (TPSA) is 69.8 Å². The largest absolute Gasteiger partial charge is 0.449 e. The number of β-amino-alcohol motifs (C(OH)–C–C–N with tert-alkyl or cyclic N) is 1. The van der Waals surface area contributed by atoms with Gasteiger partial charge in [-0.05, 0) is 25.8 Å². The van der Waals surface area contributed by atoms with E-state index in [1.165, 1.54) is 0 Å². The van der Waals surface area contributed by atoms with Gasteiger partial charge in [-0.1, -0.05) is 0 Å². The second-order valence-electron chi connectivity index (χ2n) is 6.18. The summed E-state index contributed by atoms with van der Waals surface area (Å²) >= 11 is 0. The summed E-state index contributed by atoms with van der Waals surface area (Å²) in [5.74, 6) is 0.724. The zero-order valence-corrected chi connectivity index (χ0v) is 13.1. The van der Waals surface area contributed by atoms with Gasteiger partial charge in [-0.2, -0.15) is 0 Å². The molecule has 1 aliphatic rings. The van der Waals surface area contributed by atoms with E-state index in [-0.39, 0.29) is 5.91 Å². The molecule has 1 aromatic rings. The van der Waals surface area contributed by atoms with Gasteiger partial charge in [0.05, 0.1) is 11.3 Å². The van der Waals surface area contributed by atoms with Crippen molar-refractivity contribution in [3.8, 4) is 0 Å². The monoisotopic (exact) mass is 295 g/mol. The highest BCUT2D eigenvalue weighted by Crippen LogP contribution is 2.27. The van der Waals surface area contributed by atoms with Gasteiger partial charge in [0.15, 0.2) is 5.89 Å². The van der Waals surface area contributed by atoms with Crippen molar-refractivity contribution in [2.75, 3.05) is 27.2 Å². The summed E-state index contributed by atoms with van der Waals surface area (Å²) in [5.41, 5.74) is 0.115. The third-order valence-electron chi connectivity index (χ3n) is 3.99. The fraction of sp³-hybridized carbons (Fsp3) is 0.733. The molecule has 0 spiro atoms. The third-order valence-corrected chi connectivity index (χ3v) is 3.99. The molecule has 0 saturated carbocycles. The number of carbonyl (C=O) groups is 1. The number of hydrogen-bond donors (Lipinski definition) is 1. The Balaban J connectivity index is 1.88. The third kappa shape index (κ3) is 4.54. The maximum atomic E-state index is 11.7. The quantitative estimate of drug-likeness (QED) is 0.883. The molecule has 0 aliphatic carbocycles. The van der Waals surface area contributed by atoms with E-state index in [4.69, 9.17) is 4.42 Å². The standard InChI is InChI=1S/C15H25N3O3/c1-12-16-13(10-21-12)9-18-8-4-6-15(20,11-18)7-5-14(19)17(2)3/h10,20H,4-9,11H2,1-3H3/t15-/m0/s1. The summed E-state index contributed by atoms with van der Waals surface area (Å²) in [6.45, 7) is 4.03. The lowest BCUT2D eigenvalue weighted by Gasteiger charge is -2.39. The molecular formula is C15H25N3O3. The van der Waals surface area contributed by atoms with Gasteiger partial charge in [0, 0.05) is 40.5 Å². The highest BCUT2D eigenvalue weighted by atomic mass is 16.3. The van der Waals surface area contributed by atoms with Crippen LogP contribution in [0.15, 0.2) is 10.7 Å². The summed E-state index contributed by atoms with van der Waals surface area (Å²) in [4.78, 5) is 19.7. The number of likely N-dealkylation sites (tertiary alicyclic amines) is 1. The van der Waals surface area contributed by atoms with E-state index in [0.29, 0.717) is 31.8 Å². The van der Waals surface area contributed by atoms with E-state index in [1.807, 2.05) is 6.92 Å². The fourth-order valence-electron chi connectivity index (χ4n) is 2.82. The molecule has 1 atom stereocenters. The number of oxazole rings is 1. The number of amides is 1. The van der Waals surface area contributed by atoms with Crippen molar-refractivity contribution >= 4 is 5.91 Å². The Bertz CT molecular complexity index is 486. The minimum Gasteiger partial charge on any atom is -0.449 e. The Morgan fingerprint density at radius 1 is 1.57 bits per heavy atom. The Morgan fingerprint density at radius 3 is 2.95 bits per heavy atom. The van der Waals surface area contributed by atoms with Crippen molar-refractivity contribution in [3.05, 3.63) is 17.8 Å². The first-order valence-corrected chi connectivity index (χ1v) is 7.44. The highest BCUT2D eigenvalue weighted by molar-refractivity contribution is 5.75. The molecule has 0 unspecified atom stereocenters. The first-order valence-electron chi connectivity index (χ1n) is 7.44. The average Bonchev–Trinajstić information content (AvgIpc) is 2.81. The number of hydrogen-bond acceptors (Lipinski definition) is 5. The number of aliphatic hydroxyl groups is 1. The van der Waals surface area contributed by atoms with Crippen LogP contribution in [0.3, 0.4) is 0 Å². The van der Waals surface area contributed by atoms with Crippen LogP contribution in [0.4, 0.5) is 0 Å². The van der Waals surface area contributed by atoms with Crippen LogP contribution in [-0.2, 0) is 11.3 Å². The van der Waals surface area contributed by atoms with Crippen LogP contribution in [0, 0.1) is 6.92 Å². The minimum absolute atomic E-state index is 0.0627. The molecule has 1 aliphatic heterocycles. The molecule has 1 fully saturated rings. The molecule has 1 amide bonds. The Morgan fingerprint density at radius 2 is 2.33 bits per heavy atom. The van der Waals surface area contributed by atoms with Crippen LogP contribution in [0.1, 0.15) is 37.3 Å². The second-order valence-corrected chi connectivity index (χ2v) is 6.18. The Labute approximate surface area is 125 Å². The summed E-state index contributed by atoms with van der Waals surface area (Å²) in [7, 11) is 3.49. The molecule has 2 heterocycles. The van der Waals surface area contributed by atoms with Gasteiger partial charge in [-0.25, -0.2) is 4.98 Å². The summed E-state index contributed by atoms with van der Waals surface area (Å²) in [5, 5.41) is 10.7. The van der Waals surface area contributed by atoms with Gasteiger partial charge >= 0.3 is 0 Å². The number of piperidine rings is 1. The number of nitrogens with zero attached hydrogens (tertiary/aromatic N) is 3. The molecule has 21 heavy (non-hydrogen) atoms. The maximum Gasteiger partial charge on any atom is 0.222 e. The number of rotatable bonds is 5. The number of aryl methyl sites for hydroxylation is 1. The summed E-state index contributed by atoms with van der Waals surface area (Å²) < 4.78 is 5.21. The second kappa shape index (κ2) is 6.58. The highest BCUT2D eigenvalue weighted by Gasteiger charge is 2.33. The lowest BCUT2D eigenvalue weighted by atomic mass is 9.88. The van der Waals surface area contributed by atoms with E-state index < -0.39 is 5.60 Å². The molecule has 2 rings (SSSR count). The van der Waals surface area contributed by atoms with Crippen molar-refractivity contribution in [1.82, 2.24) is 14.8 Å². The Kier molecular flexibility index (Phi) is 5.00. The smallest absolute Gasteiger partial charge is 0.222 e. The van der Waals surface area contributed by atoms with Crippen molar-refractivity contribution in [2.45, 2.75) is 44.8 Å². The molecule has 6 heteroatoms. The van der Waals surface area contributed by atoms with Gasteiger partial charge in [-0.3, -0.25) is 9.69 Å². The van der Waals surface area contributed by atoms with Gasteiger partial charge in [-0.15, -0.1) is 0 Å². The summed E-state index contributed by atoms with van der Waals surface area (Å²) in [6, 6.07) is 0.